The van der Waals surface area contributed by atoms with Crippen LogP contribution < -0.4 is 0 Å². The number of carbonyl (C=O) groups is 1. The van der Waals surface area contributed by atoms with E-state index in [0.29, 0.717) is 19.8 Å². The van der Waals surface area contributed by atoms with Crippen molar-refractivity contribution in [1.82, 2.24) is 0 Å². The molecule has 0 saturated heterocycles. The molecule has 4 heteroatoms. The van der Waals surface area contributed by atoms with Gasteiger partial charge in [0.15, 0.2) is 5.76 Å². The van der Waals surface area contributed by atoms with Crippen molar-refractivity contribution in [1.29, 1.82) is 0 Å². The Morgan fingerprint density at radius 2 is 2.08 bits per heavy atom. The van der Waals surface area contributed by atoms with Crippen LogP contribution in [0.3, 0.4) is 0 Å². The maximum atomic E-state index is 10.7. The molecule has 0 aliphatic carbocycles. The molecule has 0 spiro atoms. The van der Waals surface area contributed by atoms with Gasteiger partial charge in [0, 0.05) is 6.61 Å². The zero-order chi connectivity index (χ0) is 9.40. The number of carbonyl (C=O) groups excluding carboxylic acids is 1. The highest BCUT2D eigenvalue weighted by molar-refractivity contribution is 5.85. The smallest absolute Gasteiger partial charge is 0.372 e. The SMILES string of the molecule is C=C(OCCOCC)C(=O)OC. The molecule has 0 saturated carbocycles. The Kier molecular flexibility index (Phi) is 6.09. The van der Waals surface area contributed by atoms with E-state index in [-0.39, 0.29) is 5.76 Å². The van der Waals surface area contributed by atoms with E-state index in [1.807, 2.05) is 6.92 Å². The minimum Gasteiger partial charge on any atom is -0.485 e. The van der Waals surface area contributed by atoms with Crippen molar-refractivity contribution in [3.63, 3.8) is 0 Å². The lowest BCUT2D eigenvalue weighted by Gasteiger charge is -2.06. The lowest BCUT2D eigenvalue weighted by molar-refractivity contribution is -0.140. The first-order valence-electron chi connectivity index (χ1n) is 3.70. The largest absolute Gasteiger partial charge is 0.485 e. The van der Waals surface area contributed by atoms with E-state index in [9.17, 15) is 4.79 Å². The first-order chi connectivity index (χ1) is 5.72. The molecule has 12 heavy (non-hydrogen) atoms. The Morgan fingerprint density at radius 3 is 2.58 bits per heavy atom. The molecule has 0 fully saturated rings. The summed E-state index contributed by atoms with van der Waals surface area (Å²) in [6.45, 7) is 6.66. The average Bonchev–Trinajstić information content (AvgIpc) is 2.10. The molecular formula is C8H14O4. The number of methoxy groups -OCH3 is 1. The second kappa shape index (κ2) is 6.67. The Labute approximate surface area is 72.1 Å². The predicted molar refractivity (Wildman–Crippen MR) is 43.6 cm³/mol. The molecule has 0 amide bonds. The number of hydrogen-bond acceptors (Lipinski definition) is 4. The van der Waals surface area contributed by atoms with Crippen molar-refractivity contribution in [3.05, 3.63) is 12.3 Å². The minimum atomic E-state index is -0.550. The van der Waals surface area contributed by atoms with Gasteiger partial charge in [-0.05, 0) is 13.5 Å². The first kappa shape index (κ1) is 11.0. The molecule has 0 aromatic carbocycles. The average molecular weight is 174 g/mol. The van der Waals surface area contributed by atoms with E-state index in [0.717, 1.165) is 0 Å². The minimum absolute atomic E-state index is 0.0113. The van der Waals surface area contributed by atoms with Crippen LogP contribution in [-0.2, 0) is 19.0 Å². The van der Waals surface area contributed by atoms with Gasteiger partial charge in [-0.3, -0.25) is 0 Å². The molecule has 4 nitrogen and oxygen atoms in total. The van der Waals surface area contributed by atoms with E-state index in [4.69, 9.17) is 9.47 Å². The van der Waals surface area contributed by atoms with Crippen molar-refractivity contribution in [2.75, 3.05) is 26.9 Å². The molecular weight excluding hydrogens is 160 g/mol. The Hall–Kier alpha value is -1.03. The highest BCUT2D eigenvalue weighted by atomic mass is 16.6. The van der Waals surface area contributed by atoms with Crippen molar-refractivity contribution in [2.45, 2.75) is 6.92 Å². The second-order valence-electron chi connectivity index (χ2n) is 1.96. The fraction of sp³-hybridized carbons (Fsp3) is 0.625. The number of hydrogen-bond donors (Lipinski definition) is 0. The van der Waals surface area contributed by atoms with Crippen molar-refractivity contribution >= 4 is 5.97 Å². The summed E-state index contributed by atoms with van der Waals surface area (Å²) in [7, 11) is 1.28. The normalized spacial score (nSPS) is 9.17. The van der Waals surface area contributed by atoms with Crippen LogP contribution >= 0.6 is 0 Å². The van der Waals surface area contributed by atoms with Crippen molar-refractivity contribution in [2.24, 2.45) is 0 Å². The van der Waals surface area contributed by atoms with Crippen LogP contribution in [0, 0.1) is 0 Å². The monoisotopic (exact) mass is 174 g/mol. The molecule has 0 rings (SSSR count). The van der Waals surface area contributed by atoms with Gasteiger partial charge in [-0.1, -0.05) is 0 Å². The van der Waals surface area contributed by atoms with E-state index in [1.54, 1.807) is 0 Å². The second-order valence-corrected chi connectivity index (χ2v) is 1.96. The zero-order valence-electron chi connectivity index (χ0n) is 7.46. The molecule has 0 aromatic heterocycles. The number of rotatable bonds is 6. The van der Waals surface area contributed by atoms with Crippen LogP contribution in [0.2, 0.25) is 0 Å². The van der Waals surface area contributed by atoms with Crippen LogP contribution in [0.1, 0.15) is 6.92 Å². The molecule has 0 radical (unpaired) electrons. The quantitative estimate of drug-likeness (QED) is 0.258. The summed E-state index contributed by atoms with van der Waals surface area (Å²) < 4.78 is 14.2. The summed E-state index contributed by atoms with van der Waals surface area (Å²) in [5.41, 5.74) is 0. The fourth-order valence-corrected chi connectivity index (χ4v) is 0.541. The van der Waals surface area contributed by atoms with E-state index in [2.05, 4.69) is 11.3 Å². The molecule has 0 heterocycles. The molecule has 0 aliphatic rings. The standard InChI is InChI=1S/C8H14O4/c1-4-11-5-6-12-7(2)8(9)10-3/h2,4-6H2,1,3H3. The van der Waals surface area contributed by atoms with Gasteiger partial charge in [0.05, 0.1) is 13.7 Å². The van der Waals surface area contributed by atoms with E-state index < -0.39 is 5.97 Å². The van der Waals surface area contributed by atoms with Crippen LogP contribution in [0.25, 0.3) is 0 Å². The molecule has 0 aliphatic heterocycles. The van der Waals surface area contributed by atoms with Crippen LogP contribution in [0.5, 0.6) is 0 Å². The zero-order valence-corrected chi connectivity index (χ0v) is 7.46. The molecule has 0 unspecified atom stereocenters. The van der Waals surface area contributed by atoms with Gasteiger partial charge < -0.3 is 14.2 Å². The lowest BCUT2D eigenvalue weighted by atomic mass is 10.6. The Morgan fingerprint density at radius 1 is 1.42 bits per heavy atom. The number of ether oxygens (including phenoxy) is 3. The van der Waals surface area contributed by atoms with Crippen molar-refractivity contribution < 1.29 is 19.0 Å². The molecule has 0 atom stereocenters. The van der Waals surface area contributed by atoms with Crippen LogP contribution in [0.15, 0.2) is 12.3 Å². The molecule has 0 N–H and O–H groups in total. The fourth-order valence-electron chi connectivity index (χ4n) is 0.541. The van der Waals surface area contributed by atoms with Gasteiger partial charge >= 0.3 is 5.97 Å². The van der Waals surface area contributed by atoms with Crippen LogP contribution in [0.4, 0.5) is 0 Å². The van der Waals surface area contributed by atoms with Gasteiger partial charge in [0.1, 0.15) is 6.61 Å². The summed E-state index contributed by atoms with van der Waals surface area (Å²) in [4.78, 5) is 10.7. The summed E-state index contributed by atoms with van der Waals surface area (Å²) >= 11 is 0. The van der Waals surface area contributed by atoms with E-state index in [1.165, 1.54) is 7.11 Å². The third-order valence-corrected chi connectivity index (χ3v) is 1.12. The first-order valence-corrected chi connectivity index (χ1v) is 3.70. The number of esters is 1. The van der Waals surface area contributed by atoms with Gasteiger partial charge in [-0.15, -0.1) is 0 Å². The Balaban J connectivity index is 3.38. The summed E-state index contributed by atoms with van der Waals surface area (Å²) in [6, 6.07) is 0. The maximum Gasteiger partial charge on any atom is 0.372 e. The topological polar surface area (TPSA) is 44.8 Å². The lowest BCUT2D eigenvalue weighted by Crippen LogP contribution is -2.10. The molecule has 70 valence electrons. The summed E-state index contributed by atoms with van der Waals surface area (Å²) in [5, 5.41) is 0. The predicted octanol–water partition coefficient (Wildman–Crippen LogP) is 0.726. The summed E-state index contributed by atoms with van der Waals surface area (Å²) in [5.74, 6) is -0.538. The van der Waals surface area contributed by atoms with Crippen LogP contribution in [-0.4, -0.2) is 32.9 Å². The van der Waals surface area contributed by atoms with Crippen molar-refractivity contribution in [3.8, 4) is 0 Å². The Bertz CT molecular complexity index is 153. The molecule has 0 bridgehead atoms. The van der Waals surface area contributed by atoms with Gasteiger partial charge in [0.2, 0.25) is 0 Å². The maximum absolute atomic E-state index is 10.7. The molecule has 0 aromatic rings. The van der Waals surface area contributed by atoms with E-state index >= 15 is 0 Å². The van der Waals surface area contributed by atoms with Gasteiger partial charge in [-0.25, -0.2) is 4.79 Å². The van der Waals surface area contributed by atoms with Gasteiger partial charge in [0.25, 0.3) is 0 Å². The van der Waals surface area contributed by atoms with Gasteiger partial charge in [-0.2, -0.15) is 0 Å². The summed E-state index contributed by atoms with van der Waals surface area (Å²) in [6.07, 6.45) is 0. The highest BCUT2D eigenvalue weighted by Gasteiger charge is 2.06. The third-order valence-electron chi connectivity index (χ3n) is 1.12. The highest BCUT2D eigenvalue weighted by Crippen LogP contribution is 1.95. The third kappa shape index (κ3) is 4.73.